The standard InChI is InChI=1S/C10H12N2O3/c1-7-2-3-8(4-11)10(15)12(7)5-9(14)6-13/h2-3,9,13-14H,5-6H2,1H3. The minimum atomic E-state index is -0.990. The first-order valence-corrected chi connectivity index (χ1v) is 4.49. The van der Waals surface area contributed by atoms with Gasteiger partial charge in [-0.25, -0.2) is 0 Å². The van der Waals surface area contributed by atoms with E-state index in [0.717, 1.165) is 0 Å². The molecule has 0 bridgehead atoms. The lowest BCUT2D eigenvalue weighted by atomic mass is 10.2. The quantitative estimate of drug-likeness (QED) is 0.693. The number of nitrogens with zero attached hydrogens (tertiary/aromatic N) is 2. The average Bonchev–Trinajstić information content (AvgIpc) is 2.24. The van der Waals surface area contributed by atoms with E-state index in [-0.39, 0.29) is 12.1 Å². The number of aliphatic hydroxyl groups excluding tert-OH is 2. The Morgan fingerprint density at radius 1 is 1.60 bits per heavy atom. The van der Waals surface area contributed by atoms with Crippen LogP contribution < -0.4 is 5.56 Å². The Morgan fingerprint density at radius 3 is 2.80 bits per heavy atom. The van der Waals surface area contributed by atoms with Crippen LogP contribution in [0.5, 0.6) is 0 Å². The predicted octanol–water partition coefficient (Wildman–Crippen LogP) is -0.618. The molecule has 1 unspecified atom stereocenters. The predicted molar refractivity (Wildman–Crippen MR) is 53.2 cm³/mol. The van der Waals surface area contributed by atoms with Crippen LogP contribution in [0.15, 0.2) is 16.9 Å². The Hall–Kier alpha value is -1.64. The number of hydrogen-bond acceptors (Lipinski definition) is 4. The van der Waals surface area contributed by atoms with E-state index >= 15 is 0 Å². The molecule has 0 amide bonds. The van der Waals surface area contributed by atoms with Gasteiger partial charge in [-0.05, 0) is 19.1 Å². The van der Waals surface area contributed by atoms with Gasteiger partial charge in [0.15, 0.2) is 0 Å². The van der Waals surface area contributed by atoms with E-state index in [1.807, 2.05) is 0 Å². The SMILES string of the molecule is Cc1ccc(C#N)c(=O)n1CC(O)CO. The van der Waals surface area contributed by atoms with Gasteiger partial charge in [-0.2, -0.15) is 5.26 Å². The van der Waals surface area contributed by atoms with Crippen molar-refractivity contribution < 1.29 is 10.2 Å². The number of pyridine rings is 1. The molecule has 80 valence electrons. The number of rotatable bonds is 3. The first kappa shape index (κ1) is 11.4. The van der Waals surface area contributed by atoms with E-state index in [9.17, 15) is 9.90 Å². The summed E-state index contributed by atoms with van der Waals surface area (Å²) in [7, 11) is 0. The zero-order chi connectivity index (χ0) is 11.4. The summed E-state index contributed by atoms with van der Waals surface area (Å²) >= 11 is 0. The Labute approximate surface area is 86.8 Å². The highest BCUT2D eigenvalue weighted by molar-refractivity contribution is 5.27. The molecule has 0 fully saturated rings. The Balaban J connectivity index is 3.17. The summed E-state index contributed by atoms with van der Waals surface area (Å²) in [5.41, 5.74) is 0.238. The number of aryl methyl sites for hydroxylation is 1. The van der Waals surface area contributed by atoms with Crippen LogP contribution in [0.3, 0.4) is 0 Å². The summed E-state index contributed by atoms with van der Waals surface area (Å²) < 4.78 is 1.28. The van der Waals surface area contributed by atoms with Crippen molar-refractivity contribution in [3.63, 3.8) is 0 Å². The monoisotopic (exact) mass is 208 g/mol. The lowest BCUT2D eigenvalue weighted by Gasteiger charge is -2.12. The van der Waals surface area contributed by atoms with E-state index in [2.05, 4.69) is 0 Å². The van der Waals surface area contributed by atoms with Crippen LogP contribution >= 0.6 is 0 Å². The molecule has 1 heterocycles. The van der Waals surface area contributed by atoms with Gasteiger partial charge in [-0.15, -0.1) is 0 Å². The Morgan fingerprint density at radius 2 is 2.27 bits per heavy atom. The van der Waals surface area contributed by atoms with Crippen molar-refractivity contribution in [2.45, 2.75) is 19.6 Å². The second kappa shape index (κ2) is 4.73. The fourth-order valence-electron chi connectivity index (χ4n) is 1.25. The lowest BCUT2D eigenvalue weighted by Crippen LogP contribution is -2.31. The first-order chi connectivity index (χ1) is 7.10. The molecule has 0 saturated carbocycles. The summed E-state index contributed by atoms with van der Waals surface area (Å²) in [6.07, 6.45) is -0.990. The number of aromatic nitrogens is 1. The van der Waals surface area contributed by atoms with Crippen molar-refractivity contribution >= 4 is 0 Å². The summed E-state index contributed by atoms with van der Waals surface area (Å²) in [6.45, 7) is 1.28. The minimum Gasteiger partial charge on any atom is -0.394 e. The topological polar surface area (TPSA) is 86.2 Å². The second-order valence-corrected chi connectivity index (χ2v) is 3.25. The van der Waals surface area contributed by atoms with Gasteiger partial charge >= 0.3 is 0 Å². The normalized spacial score (nSPS) is 12.1. The molecule has 1 rings (SSSR count). The molecule has 0 aliphatic heterocycles. The zero-order valence-corrected chi connectivity index (χ0v) is 8.34. The molecule has 0 aliphatic carbocycles. The molecule has 0 saturated heterocycles. The molecule has 15 heavy (non-hydrogen) atoms. The highest BCUT2D eigenvalue weighted by Crippen LogP contribution is 1.99. The van der Waals surface area contributed by atoms with Crippen LogP contribution in [0.4, 0.5) is 0 Å². The summed E-state index contributed by atoms with van der Waals surface area (Å²) in [5, 5.41) is 26.6. The van der Waals surface area contributed by atoms with Crippen molar-refractivity contribution in [1.29, 1.82) is 5.26 Å². The molecule has 0 aliphatic rings. The van der Waals surface area contributed by atoms with Crippen LogP contribution in [0, 0.1) is 18.3 Å². The van der Waals surface area contributed by atoms with Crippen molar-refractivity contribution in [1.82, 2.24) is 4.57 Å². The zero-order valence-electron chi connectivity index (χ0n) is 8.34. The van der Waals surface area contributed by atoms with Gasteiger partial charge < -0.3 is 14.8 Å². The molecule has 5 nitrogen and oxygen atoms in total. The van der Waals surface area contributed by atoms with E-state index < -0.39 is 18.3 Å². The number of hydrogen-bond donors (Lipinski definition) is 2. The molecule has 0 aromatic carbocycles. The number of nitriles is 1. The van der Waals surface area contributed by atoms with Gasteiger partial charge in [-0.3, -0.25) is 4.79 Å². The maximum absolute atomic E-state index is 11.6. The highest BCUT2D eigenvalue weighted by atomic mass is 16.3. The van der Waals surface area contributed by atoms with Crippen molar-refractivity contribution in [3.8, 4) is 6.07 Å². The lowest BCUT2D eigenvalue weighted by molar-refractivity contribution is 0.0799. The van der Waals surface area contributed by atoms with Crippen molar-refractivity contribution in [2.24, 2.45) is 0 Å². The Kier molecular flexibility index (Phi) is 3.61. The van der Waals surface area contributed by atoms with Crippen LogP contribution in [-0.4, -0.2) is 27.5 Å². The molecular formula is C10H12N2O3. The fraction of sp³-hybridized carbons (Fsp3) is 0.400. The third-order valence-corrected chi connectivity index (χ3v) is 2.12. The molecular weight excluding hydrogens is 196 g/mol. The van der Waals surface area contributed by atoms with Gasteiger partial charge in [0.05, 0.1) is 19.3 Å². The van der Waals surface area contributed by atoms with Crippen LogP contribution in [0.25, 0.3) is 0 Å². The fourth-order valence-corrected chi connectivity index (χ4v) is 1.25. The first-order valence-electron chi connectivity index (χ1n) is 4.49. The van der Waals surface area contributed by atoms with Crippen LogP contribution in [-0.2, 0) is 6.54 Å². The number of aliphatic hydroxyl groups is 2. The average molecular weight is 208 g/mol. The van der Waals surface area contributed by atoms with E-state index in [4.69, 9.17) is 10.4 Å². The molecule has 1 aromatic rings. The Bertz CT molecular complexity index is 445. The van der Waals surface area contributed by atoms with E-state index in [0.29, 0.717) is 5.69 Å². The summed E-state index contributed by atoms with van der Waals surface area (Å²) in [4.78, 5) is 11.6. The minimum absolute atomic E-state index is 0.00329. The second-order valence-electron chi connectivity index (χ2n) is 3.25. The summed E-state index contributed by atoms with van der Waals surface area (Å²) in [6, 6.07) is 4.85. The van der Waals surface area contributed by atoms with E-state index in [1.54, 1.807) is 19.1 Å². The van der Waals surface area contributed by atoms with Crippen molar-refractivity contribution in [2.75, 3.05) is 6.61 Å². The molecule has 5 heteroatoms. The van der Waals surface area contributed by atoms with E-state index in [1.165, 1.54) is 10.6 Å². The molecule has 1 aromatic heterocycles. The van der Waals surface area contributed by atoms with Gasteiger partial charge in [0.25, 0.3) is 5.56 Å². The molecule has 0 radical (unpaired) electrons. The van der Waals surface area contributed by atoms with Crippen LogP contribution in [0.2, 0.25) is 0 Å². The van der Waals surface area contributed by atoms with Crippen LogP contribution in [0.1, 0.15) is 11.3 Å². The third kappa shape index (κ3) is 2.43. The molecule has 0 spiro atoms. The maximum atomic E-state index is 11.6. The highest BCUT2D eigenvalue weighted by Gasteiger charge is 2.09. The molecule has 2 N–H and O–H groups in total. The van der Waals surface area contributed by atoms with Gasteiger partial charge in [-0.1, -0.05) is 0 Å². The van der Waals surface area contributed by atoms with Gasteiger partial charge in [0.2, 0.25) is 0 Å². The van der Waals surface area contributed by atoms with Crippen molar-refractivity contribution in [3.05, 3.63) is 33.7 Å². The van der Waals surface area contributed by atoms with Gasteiger partial charge in [0, 0.05) is 5.69 Å². The maximum Gasteiger partial charge on any atom is 0.268 e. The summed E-state index contributed by atoms with van der Waals surface area (Å²) in [5.74, 6) is 0. The third-order valence-electron chi connectivity index (χ3n) is 2.12. The largest absolute Gasteiger partial charge is 0.394 e. The molecule has 1 atom stereocenters. The van der Waals surface area contributed by atoms with Gasteiger partial charge in [0.1, 0.15) is 11.6 Å². The smallest absolute Gasteiger partial charge is 0.268 e.